The summed E-state index contributed by atoms with van der Waals surface area (Å²) >= 11 is 0. The molecule has 4 nitrogen and oxygen atoms in total. The van der Waals surface area contributed by atoms with Gasteiger partial charge in [-0.05, 0) is 29.8 Å². The van der Waals surface area contributed by atoms with E-state index in [4.69, 9.17) is 4.74 Å². The second-order valence-corrected chi connectivity index (χ2v) is 4.91. The minimum Gasteiger partial charge on any atom is -0.497 e. The summed E-state index contributed by atoms with van der Waals surface area (Å²) in [4.78, 5) is 16.7. The molecule has 22 heavy (non-hydrogen) atoms. The first kappa shape index (κ1) is 14.1. The van der Waals surface area contributed by atoms with Crippen LogP contribution in [-0.4, -0.2) is 18.0 Å². The number of nitrogens with one attached hydrogen (secondary N) is 1. The fourth-order valence-electron chi connectivity index (χ4n) is 2.35. The molecule has 0 fully saturated rings. The van der Waals surface area contributed by atoms with Crippen LogP contribution in [0.3, 0.4) is 0 Å². The molecule has 0 saturated carbocycles. The molecule has 0 saturated heterocycles. The largest absolute Gasteiger partial charge is 0.497 e. The zero-order valence-corrected chi connectivity index (χ0v) is 12.2. The minimum atomic E-state index is -0.132. The molecule has 4 heteroatoms. The fraction of sp³-hybridized carbons (Fsp3) is 0.111. The summed E-state index contributed by atoms with van der Waals surface area (Å²) < 4.78 is 5.18. The number of aromatic nitrogens is 1. The van der Waals surface area contributed by atoms with Crippen LogP contribution in [0.25, 0.3) is 10.9 Å². The van der Waals surface area contributed by atoms with Gasteiger partial charge in [0.15, 0.2) is 0 Å². The Morgan fingerprint density at radius 1 is 1.14 bits per heavy atom. The van der Waals surface area contributed by atoms with Crippen LogP contribution in [0.4, 0.5) is 0 Å². The Bertz CT molecular complexity index is 810. The number of hydrogen-bond donors (Lipinski definition) is 1. The van der Waals surface area contributed by atoms with E-state index in [2.05, 4.69) is 10.3 Å². The number of carbonyl (C=O) groups is 1. The molecule has 0 bridgehead atoms. The molecule has 0 aliphatic carbocycles. The highest BCUT2D eigenvalue weighted by Crippen LogP contribution is 2.16. The number of amides is 1. The summed E-state index contributed by atoms with van der Waals surface area (Å²) in [7, 11) is 1.62. The number of rotatable bonds is 4. The molecular weight excluding hydrogens is 276 g/mol. The molecule has 1 N–H and O–H groups in total. The van der Waals surface area contributed by atoms with Crippen LogP contribution in [0, 0.1) is 0 Å². The number of ether oxygens (including phenoxy) is 1. The van der Waals surface area contributed by atoms with Crippen LogP contribution in [0.1, 0.15) is 15.9 Å². The highest BCUT2D eigenvalue weighted by Gasteiger charge is 2.10. The Hall–Kier alpha value is -2.88. The molecule has 0 aliphatic rings. The van der Waals surface area contributed by atoms with Gasteiger partial charge in [-0.25, -0.2) is 0 Å². The summed E-state index contributed by atoms with van der Waals surface area (Å²) in [6, 6.07) is 17.0. The number of para-hydroxylation sites is 1. The second kappa shape index (κ2) is 6.26. The summed E-state index contributed by atoms with van der Waals surface area (Å²) in [5.41, 5.74) is 2.29. The van der Waals surface area contributed by atoms with Crippen molar-refractivity contribution >= 4 is 16.8 Å². The zero-order valence-electron chi connectivity index (χ0n) is 12.2. The molecule has 3 aromatic rings. The third-order valence-electron chi connectivity index (χ3n) is 3.46. The topological polar surface area (TPSA) is 51.2 Å². The monoisotopic (exact) mass is 292 g/mol. The van der Waals surface area contributed by atoms with Crippen LogP contribution in [0.15, 0.2) is 60.8 Å². The van der Waals surface area contributed by atoms with E-state index in [1.807, 2.05) is 48.5 Å². The summed E-state index contributed by atoms with van der Waals surface area (Å²) in [5, 5.41) is 3.88. The molecule has 0 aliphatic heterocycles. The van der Waals surface area contributed by atoms with E-state index < -0.39 is 0 Å². The van der Waals surface area contributed by atoms with Crippen LogP contribution in [-0.2, 0) is 6.54 Å². The predicted octanol–water partition coefficient (Wildman–Crippen LogP) is 3.17. The quantitative estimate of drug-likeness (QED) is 0.803. The van der Waals surface area contributed by atoms with Crippen molar-refractivity contribution in [1.29, 1.82) is 0 Å². The molecule has 1 heterocycles. The Labute approximate surface area is 128 Å². The average molecular weight is 292 g/mol. The highest BCUT2D eigenvalue weighted by molar-refractivity contribution is 6.05. The van der Waals surface area contributed by atoms with Crippen molar-refractivity contribution < 1.29 is 9.53 Å². The van der Waals surface area contributed by atoms with Gasteiger partial charge in [0.05, 0.1) is 18.2 Å². The van der Waals surface area contributed by atoms with Gasteiger partial charge in [-0.3, -0.25) is 9.78 Å². The standard InChI is InChI=1S/C18H16N2O2/c1-22-15-8-2-5-13(11-15)12-20-18(21)16-9-3-6-14-7-4-10-19-17(14)16/h2-11H,12H2,1H3,(H,20,21). The van der Waals surface area contributed by atoms with Gasteiger partial charge in [-0.2, -0.15) is 0 Å². The molecule has 0 atom stereocenters. The smallest absolute Gasteiger partial charge is 0.253 e. The highest BCUT2D eigenvalue weighted by atomic mass is 16.5. The van der Waals surface area contributed by atoms with Crippen molar-refractivity contribution in [2.75, 3.05) is 7.11 Å². The van der Waals surface area contributed by atoms with Crippen molar-refractivity contribution in [3.8, 4) is 5.75 Å². The van der Waals surface area contributed by atoms with Gasteiger partial charge in [0.25, 0.3) is 5.91 Å². The summed E-state index contributed by atoms with van der Waals surface area (Å²) in [5.74, 6) is 0.644. The van der Waals surface area contributed by atoms with E-state index in [1.54, 1.807) is 19.4 Å². The minimum absolute atomic E-state index is 0.132. The number of pyridine rings is 1. The molecule has 1 aromatic heterocycles. The summed E-state index contributed by atoms with van der Waals surface area (Å²) in [6.07, 6.45) is 1.70. The van der Waals surface area contributed by atoms with Gasteiger partial charge in [0.1, 0.15) is 5.75 Å². The predicted molar refractivity (Wildman–Crippen MR) is 85.9 cm³/mol. The van der Waals surface area contributed by atoms with Crippen LogP contribution >= 0.6 is 0 Å². The van der Waals surface area contributed by atoms with Crippen molar-refractivity contribution in [2.45, 2.75) is 6.54 Å². The van der Waals surface area contributed by atoms with Crippen molar-refractivity contribution in [3.05, 3.63) is 71.9 Å². The molecule has 110 valence electrons. The Balaban J connectivity index is 1.79. The molecular formula is C18H16N2O2. The van der Waals surface area contributed by atoms with Gasteiger partial charge in [0, 0.05) is 18.1 Å². The second-order valence-electron chi connectivity index (χ2n) is 4.91. The third-order valence-corrected chi connectivity index (χ3v) is 3.46. The normalized spacial score (nSPS) is 10.4. The maximum atomic E-state index is 12.4. The van der Waals surface area contributed by atoms with Crippen molar-refractivity contribution in [3.63, 3.8) is 0 Å². The molecule has 0 unspecified atom stereocenters. The first-order valence-corrected chi connectivity index (χ1v) is 7.03. The number of methoxy groups -OCH3 is 1. The zero-order chi connectivity index (χ0) is 15.4. The lowest BCUT2D eigenvalue weighted by Crippen LogP contribution is -2.23. The Kier molecular flexibility index (Phi) is 4.01. The lowest BCUT2D eigenvalue weighted by atomic mass is 10.1. The van der Waals surface area contributed by atoms with Crippen LogP contribution < -0.4 is 10.1 Å². The molecule has 3 rings (SSSR count). The first-order valence-electron chi connectivity index (χ1n) is 7.03. The van der Waals surface area contributed by atoms with Crippen LogP contribution in [0.5, 0.6) is 5.75 Å². The maximum absolute atomic E-state index is 12.4. The summed E-state index contributed by atoms with van der Waals surface area (Å²) in [6.45, 7) is 0.444. The maximum Gasteiger partial charge on any atom is 0.253 e. The number of nitrogens with zero attached hydrogens (tertiary/aromatic N) is 1. The average Bonchev–Trinajstić information content (AvgIpc) is 2.59. The first-order chi connectivity index (χ1) is 10.8. The Morgan fingerprint density at radius 3 is 2.82 bits per heavy atom. The van der Waals surface area contributed by atoms with Crippen molar-refractivity contribution in [1.82, 2.24) is 10.3 Å². The van der Waals surface area contributed by atoms with E-state index in [0.29, 0.717) is 17.6 Å². The van der Waals surface area contributed by atoms with Crippen molar-refractivity contribution in [2.24, 2.45) is 0 Å². The number of benzene rings is 2. The molecule has 0 radical (unpaired) electrons. The molecule has 0 spiro atoms. The van der Waals surface area contributed by atoms with Gasteiger partial charge in [-0.15, -0.1) is 0 Å². The van der Waals surface area contributed by atoms with Gasteiger partial charge in [-0.1, -0.05) is 30.3 Å². The number of fused-ring (bicyclic) bond motifs is 1. The van der Waals surface area contributed by atoms with Gasteiger partial charge in [0.2, 0.25) is 0 Å². The third kappa shape index (κ3) is 2.91. The lowest BCUT2D eigenvalue weighted by Gasteiger charge is -2.08. The van der Waals surface area contributed by atoms with Gasteiger partial charge < -0.3 is 10.1 Å². The molecule has 2 aromatic carbocycles. The van der Waals surface area contributed by atoms with E-state index in [9.17, 15) is 4.79 Å². The van der Waals surface area contributed by atoms with Gasteiger partial charge >= 0.3 is 0 Å². The van der Waals surface area contributed by atoms with E-state index in [0.717, 1.165) is 16.7 Å². The van der Waals surface area contributed by atoms with E-state index in [-0.39, 0.29) is 5.91 Å². The van der Waals surface area contributed by atoms with E-state index in [1.165, 1.54) is 0 Å². The molecule has 1 amide bonds. The fourth-order valence-corrected chi connectivity index (χ4v) is 2.35. The Morgan fingerprint density at radius 2 is 1.95 bits per heavy atom. The number of hydrogen-bond acceptors (Lipinski definition) is 3. The number of carbonyl (C=O) groups excluding carboxylic acids is 1. The van der Waals surface area contributed by atoms with Crippen LogP contribution in [0.2, 0.25) is 0 Å². The lowest BCUT2D eigenvalue weighted by molar-refractivity contribution is 0.0952. The van der Waals surface area contributed by atoms with E-state index >= 15 is 0 Å². The SMILES string of the molecule is COc1cccc(CNC(=O)c2cccc3cccnc23)c1.